The quantitative estimate of drug-likeness (QED) is 0.511. The molecule has 2 aliphatic rings. The number of piperidine rings is 2. The minimum absolute atomic E-state index is 0.0336. The van der Waals surface area contributed by atoms with E-state index in [9.17, 15) is 5.26 Å². The Kier molecular flexibility index (Phi) is 7.95. The molecule has 4 heteroatoms. The Morgan fingerprint density at radius 1 is 0.875 bits per heavy atom. The molecular formula is C28H35N3S. The molecule has 2 fully saturated rings. The molecule has 2 saturated heterocycles. The van der Waals surface area contributed by atoms with Crippen LogP contribution in [-0.2, 0) is 5.54 Å². The molecule has 2 heterocycles. The number of thioether (sulfide) groups is 1. The molecule has 32 heavy (non-hydrogen) atoms. The number of benzene rings is 2. The maximum absolute atomic E-state index is 10.9. The lowest BCUT2D eigenvalue weighted by Crippen LogP contribution is -2.56. The van der Waals surface area contributed by atoms with E-state index in [1.165, 1.54) is 49.8 Å². The summed E-state index contributed by atoms with van der Waals surface area (Å²) in [6.07, 6.45) is 11.9. The maximum Gasteiger partial charge on any atom is 0.152 e. The van der Waals surface area contributed by atoms with Gasteiger partial charge in [0.15, 0.2) is 5.54 Å². The van der Waals surface area contributed by atoms with Crippen LogP contribution in [0.3, 0.4) is 0 Å². The van der Waals surface area contributed by atoms with Crippen molar-refractivity contribution in [3.05, 3.63) is 77.5 Å². The standard InChI is InChI=1S/C28H35N3S/c1-32-27(26(30-18-10-4-11-19-30)22-24-14-6-2-7-15-24)28(23-29,25-16-8-3-9-17-25)31-20-12-5-13-21-31/h2-3,6-9,14-17,22,27H,4-5,10-13,18-21H2,1H3/b26-22-. The van der Waals surface area contributed by atoms with Crippen LogP contribution in [0.2, 0.25) is 0 Å². The maximum atomic E-state index is 10.9. The third kappa shape index (κ3) is 4.75. The van der Waals surface area contributed by atoms with Gasteiger partial charge in [0, 0.05) is 31.9 Å². The summed E-state index contributed by atoms with van der Waals surface area (Å²) in [5, 5.41) is 11.0. The Morgan fingerprint density at radius 2 is 1.44 bits per heavy atom. The third-order valence-electron chi connectivity index (χ3n) is 6.96. The highest BCUT2D eigenvalue weighted by Crippen LogP contribution is 2.44. The fraction of sp³-hybridized carbons (Fsp3) is 0.464. The topological polar surface area (TPSA) is 30.3 Å². The molecule has 2 unspecified atom stereocenters. The molecule has 3 nitrogen and oxygen atoms in total. The fourth-order valence-electron chi connectivity index (χ4n) is 5.34. The van der Waals surface area contributed by atoms with Crippen LogP contribution in [0.25, 0.3) is 6.08 Å². The van der Waals surface area contributed by atoms with Crippen molar-refractivity contribution in [2.24, 2.45) is 0 Å². The van der Waals surface area contributed by atoms with Crippen LogP contribution in [0.4, 0.5) is 0 Å². The molecule has 0 aliphatic carbocycles. The van der Waals surface area contributed by atoms with Crippen LogP contribution in [0, 0.1) is 11.3 Å². The molecule has 2 aliphatic heterocycles. The monoisotopic (exact) mass is 445 g/mol. The number of likely N-dealkylation sites (tertiary alicyclic amines) is 2. The second-order valence-corrected chi connectivity index (χ2v) is 9.88. The highest BCUT2D eigenvalue weighted by atomic mass is 32.2. The lowest BCUT2D eigenvalue weighted by Gasteiger charge is -2.48. The zero-order valence-corrected chi connectivity index (χ0v) is 20.1. The first kappa shape index (κ1) is 23.0. The molecule has 0 radical (unpaired) electrons. The van der Waals surface area contributed by atoms with Gasteiger partial charge in [0.2, 0.25) is 0 Å². The van der Waals surface area contributed by atoms with Crippen molar-refractivity contribution in [1.29, 1.82) is 5.26 Å². The molecule has 2 aromatic rings. The molecule has 4 rings (SSSR count). The Balaban J connectivity index is 1.87. The highest BCUT2D eigenvalue weighted by Gasteiger charge is 2.48. The minimum Gasteiger partial charge on any atom is -0.374 e. The molecule has 0 saturated carbocycles. The van der Waals surface area contributed by atoms with Crippen LogP contribution in [0.15, 0.2) is 66.4 Å². The van der Waals surface area contributed by atoms with E-state index in [0.717, 1.165) is 31.7 Å². The number of rotatable bonds is 7. The van der Waals surface area contributed by atoms with Gasteiger partial charge in [-0.15, -0.1) is 0 Å². The van der Waals surface area contributed by atoms with Crippen LogP contribution in [0.1, 0.15) is 49.7 Å². The van der Waals surface area contributed by atoms with Gasteiger partial charge in [-0.3, -0.25) is 4.90 Å². The predicted octanol–water partition coefficient (Wildman–Crippen LogP) is 6.15. The van der Waals surface area contributed by atoms with Gasteiger partial charge in [-0.25, -0.2) is 0 Å². The smallest absolute Gasteiger partial charge is 0.152 e. The van der Waals surface area contributed by atoms with E-state index in [2.05, 4.69) is 88.9 Å². The van der Waals surface area contributed by atoms with Gasteiger partial charge in [0.1, 0.15) is 0 Å². The lowest BCUT2D eigenvalue weighted by atomic mass is 9.82. The summed E-state index contributed by atoms with van der Waals surface area (Å²) >= 11 is 1.84. The van der Waals surface area contributed by atoms with Crippen molar-refractivity contribution in [2.45, 2.75) is 49.3 Å². The lowest BCUT2D eigenvalue weighted by molar-refractivity contribution is 0.104. The van der Waals surface area contributed by atoms with Crippen molar-refractivity contribution >= 4 is 17.8 Å². The van der Waals surface area contributed by atoms with Crippen molar-refractivity contribution < 1.29 is 0 Å². The number of nitrogens with zero attached hydrogens (tertiary/aromatic N) is 3. The Morgan fingerprint density at radius 3 is 2.00 bits per heavy atom. The predicted molar refractivity (Wildman–Crippen MR) is 136 cm³/mol. The fourth-order valence-corrected chi connectivity index (χ4v) is 6.48. The second-order valence-electron chi connectivity index (χ2n) is 8.94. The second kappa shape index (κ2) is 11.1. The van der Waals surface area contributed by atoms with Crippen molar-refractivity contribution in [3.8, 4) is 6.07 Å². The molecule has 0 spiro atoms. The highest BCUT2D eigenvalue weighted by molar-refractivity contribution is 7.99. The van der Waals surface area contributed by atoms with E-state index in [1.807, 2.05) is 11.8 Å². The molecule has 168 valence electrons. The number of nitriles is 1. The summed E-state index contributed by atoms with van der Waals surface area (Å²) < 4.78 is 0. The first-order valence-electron chi connectivity index (χ1n) is 12.1. The normalized spacial score (nSPS) is 20.9. The first-order chi connectivity index (χ1) is 15.8. The Labute approximate surface area is 198 Å². The van der Waals surface area contributed by atoms with E-state index < -0.39 is 5.54 Å². The summed E-state index contributed by atoms with van der Waals surface area (Å²) in [6, 6.07) is 24.1. The summed E-state index contributed by atoms with van der Waals surface area (Å²) in [4.78, 5) is 5.05. The van der Waals surface area contributed by atoms with Gasteiger partial charge in [-0.05, 0) is 55.6 Å². The van der Waals surface area contributed by atoms with Gasteiger partial charge in [0.25, 0.3) is 0 Å². The molecule has 0 N–H and O–H groups in total. The van der Waals surface area contributed by atoms with Crippen molar-refractivity contribution in [2.75, 3.05) is 32.4 Å². The van der Waals surface area contributed by atoms with Crippen molar-refractivity contribution in [1.82, 2.24) is 9.80 Å². The van der Waals surface area contributed by atoms with Crippen LogP contribution >= 0.6 is 11.8 Å². The summed E-state index contributed by atoms with van der Waals surface area (Å²) in [6.45, 7) is 4.12. The SMILES string of the molecule is CSC(/C(=C/c1ccccc1)N1CCCCC1)C(C#N)(c1ccccc1)N1CCCCC1. The van der Waals surface area contributed by atoms with Gasteiger partial charge in [-0.1, -0.05) is 67.1 Å². The van der Waals surface area contributed by atoms with Crippen LogP contribution in [0.5, 0.6) is 0 Å². The van der Waals surface area contributed by atoms with E-state index >= 15 is 0 Å². The Bertz CT molecular complexity index is 909. The van der Waals surface area contributed by atoms with Gasteiger partial charge in [-0.2, -0.15) is 17.0 Å². The van der Waals surface area contributed by atoms with Crippen LogP contribution in [-0.4, -0.2) is 47.5 Å². The van der Waals surface area contributed by atoms with E-state index in [4.69, 9.17) is 0 Å². The molecule has 2 atom stereocenters. The number of hydrogen-bond donors (Lipinski definition) is 0. The number of hydrogen-bond acceptors (Lipinski definition) is 4. The average Bonchev–Trinajstić information content (AvgIpc) is 2.88. The minimum atomic E-state index is -0.681. The average molecular weight is 446 g/mol. The zero-order chi connectivity index (χ0) is 22.2. The third-order valence-corrected chi connectivity index (χ3v) is 8.01. The molecular weight excluding hydrogens is 410 g/mol. The van der Waals surface area contributed by atoms with E-state index in [0.29, 0.717) is 0 Å². The van der Waals surface area contributed by atoms with E-state index in [-0.39, 0.29) is 5.25 Å². The van der Waals surface area contributed by atoms with E-state index in [1.54, 1.807) is 0 Å². The summed E-state index contributed by atoms with van der Waals surface area (Å²) in [7, 11) is 0. The Hall–Kier alpha value is -2.22. The van der Waals surface area contributed by atoms with Gasteiger partial charge < -0.3 is 4.90 Å². The largest absolute Gasteiger partial charge is 0.374 e. The first-order valence-corrected chi connectivity index (χ1v) is 13.3. The van der Waals surface area contributed by atoms with Crippen molar-refractivity contribution in [3.63, 3.8) is 0 Å². The van der Waals surface area contributed by atoms with Gasteiger partial charge >= 0.3 is 0 Å². The summed E-state index contributed by atoms with van der Waals surface area (Å²) in [5.41, 5.74) is 2.96. The molecule has 2 aromatic carbocycles. The summed E-state index contributed by atoms with van der Waals surface area (Å²) in [5.74, 6) is 0. The van der Waals surface area contributed by atoms with Gasteiger partial charge in [0.05, 0.1) is 11.3 Å². The molecule has 0 amide bonds. The molecule has 0 aromatic heterocycles. The zero-order valence-electron chi connectivity index (χ0n) is 19.2. The van der Waals surface area contributed by atoms with Crippen LogP contribution < -0.4 is 0 Å². The molecule has 0 bridgehead atoms.